The summed E-state index contributed by atoms with van der Waals surface area (Å²) in [6.07, 6.45) is 7.37. The van der Waals surface area contributed by atoms with Crippen LogP contribution in [-0.4, -0.2) is 36.7 Å². The lowest BCUT2D eigenvalue weighted by molar-refractivity contribution is 0.112. The molecule has 0 spiro atoms. The molecule has 3 rings (SSSR count). The summed E-state index contributed by atoms with van der Waals surface area (Å²) in [4.78, 5) is 11.6. The van der Waals surface area contributed by atoms with Crippen LogP contribution in [-0.2, 0) is 6.42 Å². The summed E-state index contributed by atoms with van der Waals surface area (Å²) in [5.74, 6) is 0.214. The van der Waals surface area contributed by atoms with Crippen molar-refractivity contribution in [2.45, 2.75) is 20.3 Å². The van der Waals surface area contributed by atoms with Crippen LogP contribution < -0.4 is 10.8 Å². The molecule has 0 saturated heterocycles. The molecule has 4 N–H and O–H groups in total. The number of aldehydes is 1. The fourth-order valence-electron chi connectivity index (χ4n) is 2.67. The lowest BCUT2D eigenvalue weighted by Gasteiger charge is -2.02. The molecule has 0 amide bonds. The molecule has 0 radical (unpaired) electrons. The van der Waals surface area contributed by atoms with E-state index in [2.05, 4.69) is 29.6 Å². The Morgan fingerprint density at radius 3 is 2.48 bits per heavy atom. The van der Waals surface area contributed by atoms with E-state index in [1.807, 2.05) is 56.3 Å². The van der Waals surface area contributed by atoms with Gasteiger partial charge in [-0.25, -0.2) is 5.48 Å². The highest BCUT2D eigenvalue weighted by molar-refractivity contribution is 7.20. The Morgan fingerprint density at radius 1 is 1.10 bits per heavy atom. The molecule has 0 unspecified atom stereocenters. The molecule has 3 aromatic rings. The number of benzene rings is 2. The topological polar surface area (TPSA) is 81.6 Å². The maximum Gasteiger partial charge on any atom is 0.160 e. The number of carbonyl (C=O) groups is 1. The van der Waals surface area contributed by atoms with Gasteiger partial charge in [0.15, 0.2) is 6.29 Å². The van der Waals surface area contributed by atoms with Crippen molar-refractivity contribution in [2.24, 2.45) is 0 Å². The number of nitrogens with one attached hydrogen (secondary N) is 2. The Labute approximate surface area is 188 Å². The number of carbonyl (C=O) groups excluding carboxylic acids is 1. The van der Waals surface area contributed by atoms with Crippen LogP contribution in [0, 0.1) is 0 Å². The smallest absolute Gasteiger partial charge is 0.160 e. The quantitative estimate of drug-likeness (QED) is 0.120. The van der Waals surface area contributed by atoms with Gasteiger partial charge < -0.3 is 15.6 Å². The van der Waals surface area contributed by atoms with Crippen LogP contribution in [0.25, 0.3) is 15.8 Å². The van der Waals surface area contributed by atoms with E-state index in [1.165, 1.54) is 23.9 Å². The Balaban J connectivity index is 0.000000884. The first-order valence-electron chi connectivity index (χ1n) is 10.3. The highest BCUT2D eigenvalue weighted by atomic mass is 32.1. The Bertz CT molecular complexity index is 950. The molecular formula is C25H32N2O3S. The van der Waals surface area contributed by atoms with E-state index in [9.17, 15) is 9.90 Å². The first kappa shape index (κ1) is 26.3. The summed E-state index contributed by atoms with van der Waals surface area (Å²) in [5, 5.41) is 21.9. The number of rotatable bonds is 8. The standard InChI is InChI=1S/C22H21NO2S.C2H6.CH5NO/c24-16-20-15-19-14-18(9-10-22(19)26-20)21(25)8-4-5-12-23-13-11-17-6-2-1-3-7-17;1-2;1-2-3/h1-10,14-16,23,25H,11-13H2;1-2H3;2-3H,1H3/b5-4+,21-8-;;. The molecule has 31 heavy (non-hydrogen) atoms. The van der Waals surface area contributed by atoms with Crippen molar-refractivity contribution in [1.82, 2.24) is 10.8 Å². The van der Waals surface area contributed by atoms with Crippen molar-refractivity contribution in [2.75, 3.05) is 20.1 Å². The number of aliphatic hydroxyl groups is 1. The van der Waals surface area contributed by atoms with Crippen LogP contribution in [0.3, 0.4) is 0 Å². The van der Waals surface area contributed by atoms with E-state index in [1.54, 1.807) is 11.6 Å². The van der Waals surface area contributed by atoms with Crippen LogP contribution in [0.4, 0.5) is 0 Å². The summed E-state index contributed by atoms with van der Waals surface area (Å²) >= 11 is 1.45. The lowest BCUT2D eigenvalue weighted by Crippen LogP contribution is -2.16. The number of aliphatic hydroxyl groups excluding tert-OH is 1. The summed E-state index contributed by atoms with van der Waals surface area (Å²) in [6, 6.07) is 17.9. The number of fused-ring (bicyclic) bond motifs is 1. The monoisotopic (exact) mass is 440 g/mol. The number of hydroxylamine groups is 1. The van der Waals surface area contributed by atoms with Crippen LogP contribution in [0.5, 0.6) is 0 Å². The zero-order chi connectivity index (χ0) is 22.9. The van der Waals surface area contributed by atoms with Gasteiger partial charge in [0.25, 0.3) is 0 Å². The van der Waals surface area contributed by atoms with E-state index in [-0.39, 0.29) is 5.76 Å². The molecule has 2 aromatic carbocycles. The minimum atomic E-state index is 0.214. The average Bonchev–Trinajstić information content (AvgIpc) is 3.23. The van der Waals surface area contributed by atoms with Gasteiger partial charge in [-0.1, -0.05) is 56.3 Å². The second kappa shape index (κ2) is 16.0. The molecule has 166 valence electrons. The Kier molecular flexibility index (Phi) is 13.5. The first-order valence-corrected chi connectivity index (χ1v) is 11.1. The van der Waals surface area contributed by atoms with Crippen molar-refractivity contribution in [3.63, 3.8) is 0 Å². The fourth-order valence-corrected chi connectivity index (χ4v) is 3.53. The minimum absolute atomic E-state index is 0.214. The second-order valence-electron chi connectivity index (χ2n) is 6.16. The predicted molar refractivity (Wildman–Crippen MR) is 132 cm³/mol. The molecule has 0 atom stereocenters. The van der Waals surface area contributed by atoms with Crippen LogP contribution in [0.1, 0.15) is 34.6 Å². The average molecular weight is 441 g/mol. The molecule has 0 saturated carbocycles. The summed E-state index contributed by atoms with van der Waals surface area (Å²) in [7, 11) is 1.43. The molecular weight excluding hydrogens is 408 g/mol. The highest BCUT2D eigenvalue weighted by Crippen LogP contribution is 2.27. The molecule has 0 aliphatic heterocycles. The zero-order valence-electron chi connectivity index (χ0n) is 18.3. The maximum atomic E-state index is 10.9. The van der Waals surface area contributed by atoms with Crippen LogP contribution >= 0.6 is 11.3 Å². The molecule has 0 bridgehead atoms. The summed E-state index contributed by atoms with van der Waals surface area (Å²) in [6.45, 7) is 5.67. The number of allylic oxidation sites excluding steroid dienone is 2. The SMILES string of the molecule is CC.CNO.O=Cc1cc2cc(/C(O)=C/C=C/CNCCc3ccccc3)ccc2s1. The third kappa shape index (κ3) is 9.72. The van der Waals surface area contributed by atoms with Crippen molar-refractivity contribution >= 4 is 33.5 Å². The normalized spacial score (nSPS) is 10.9. The summed E-state index contributed by atoms with van der Waals surface area (Å²) in [5.41, 5.74) is 3.82. The van der Waals surface area contributed by atoms with E-state index in [4.69, 9.17) is 5.21 Å². The second-order valence-corrected chi connectivity index (χ2v) is 7.28. The van der Waals surface area contributed by atoms with Crippen molar-refractivity contribution in [3.05, 3.63) is 88.8 Å². The van der Waals surface area contributed by atoms with E-state index < -0.39 is 0 Å². The molecule has 1 heterocycles. The molecule has 1 aromatic heterocycles. The number of hydrogen-bond acceptors (Lipinski definition) is 6. The number of thiophene rings is 1. The summed E-state index contributed by atoms with van der Waals surface area (Å²) < 4.78 is 1.04. The van der Waals surface area contributed by atoms with E-state index >= 15 is 0 Å². The van der Waals surface area contributed by atoms with Gasteiger partial charge in [-0.2, -0.15) is 0 Å². The molecule has 0 aliphatic carbocycles. The largest absolute Gasteiger partial charge is 0.507 e. The van der Waals surface area contributed by atoms with Gasteiger partial charge in [0.1, 0.15) is 5.76 Å². The third-order valence-electron chi connectivity index (χ3n) is 4.03. The zero-order valence-corrected chi connectivity index (χ0v) is 19.2. The van der Waals surface area contributed by atoms with Gasteiger partial charge in [0, 0.05) is 23.9 Å². The minimum Gasteiger partial charge on any atom is -0.507 e. The predicted octanol–water partition coefficient (Wildman–Crippen LogP) is 5.62. The molecule has 6 heteroatoms. The first-order chi connectivity index (χ1) is 15.2. The third-order valence-corrected chi connectivity index (χ3v) is 5.07. The van der Waals surface area contributed by atoms with E-state index in [0.29, 0.717) is 4.88 Å². The van der Waals surface area contributed by atoms with Crippen molar-refractivity contribution < 1.29 is 15.1 Å². The van der Waals surface area contributed by atoms with Crippen molar-refractivity contribution in [3.8, 4) is 0 Å². The van der Waals surface area contributed by atoms with Gasteiger partial charge in [-0.05, 0) is 54.3 Å². The van der Waals surface area contributed by atoms with E-state index in [0.717, 1.165) is 41.4 Å². The van der Waals surface area contributed by atoms with Crippen molar-refractivity contribution in [1.29, 1.82) is 0 Å². The lowest BCUT2D eigenvalue weighted by atomic mass is 10.1. The molecule has 5 nitrogen and oxygen atoms in total. The Hall–Kier alpha value is -2.77. The van der Waals surface area contributed by atoms with Gasteiger partial charge in [-0.15, -0.1) is 11.3 Å². The van der Waals surface area contributed by atoms with Gasteiger partial charge in [0.05, 0.1) is 4.88 Å². The van der Waals surface area contributed by atoms with Gasteiger partial charge >= 0.3 is 0 Å². The maximum absolute atomic E-state index is 10.9. The highest BCUT2D eigenvalue weighted by Gasteiger charge is 2.04. The van der Waals surface area contributed by atoms with Crippen LogP contribution in [0.2, 0.25) is 0 Å². The molecule has 0 fully saturated rings. The molecule has 0 aliphatic rings. The van der Waals surface area contributed by atoms with Crippen LogP contribution in [0.15, 0.2) is 72.8 Å². The fraction of sp³-hybridized carbons (Fsp3) is 0.240. The Morgan fingerprint density at radius 2 is 1.81 bits per heavy atom. The van der Waals surface area contributed by atoms with Gasteiger partial charge in [0.2, 0.25) is 0 Å². The van der Waals surface area contributed by atoms with Gasteiger partial charge in [-0.3, -0.25) is 4.79 Å². The number of hydrogen-bond donors (Lipinski definition) is 4.